The highest BCUT2D eigenvalue weighted by atomic mass is 19.1. The fraction of sp³-hybridized carbons (Fsp3) is 0.300. The number of benzene rings is 1. The molecular formula is C10H11F2NO2. The lowest BCUT2D eigenvalue weighted by molar-refractivity contribution is -0.139. The van der Waals surface area contributed by atoms with Crippen molar-refractivity contribution in [3.63, 3.8) is 0 Å². The summed E-state index contributed by atoms with van der Waals surface area (Å²) in [6, 6.07) is 3.70. The average molecular weight is 215 g/mol. The molecule has 0 radical (unpaired) electrons. The summed E-state index contributed by atoms with van der Waals surface area (Å²) in [6.45, 7) is 0. The SMILES string of the molecule is NC(CC(F)c1cccc(F)c1)C(=O)O. The molecule has 0 aliphatic rings. The Balaban J connectivity index is 2.68. The first-order valence-corrected chi connectivity index (χ1v) is 4.38. The molecule has 15 heavy (non-hydrogen) atoms. The van der Waals surface area contributed by atoms with Gasteiger partial charge in [0.1, 0.15) is 18.0 Å². The molecule has 0 spiro atoms. The summed E-state index contributed by atoms with van der Waals surface area (Å²) in [5, 5.41) is 8.47. The molecule has 2 atom stereocenters. The second-order valence-corrected chi connectivity index (χ2v) is 3.20. The molecule has 0 saturated heterocycles. The van der Waals surface area contributed by atoms with Gasteiger partial charge < -0.3 is 10.8 Å². The van der Waals surface area contributed by atoms with Crippen molar-refractivity contribution in [1.29, 1.82) is 0 Å². The van der Waals surface area contributed by atoms with Crippen LogP contribution in [0, 0.1) is 5.82 Å². The molecule has 0 saturated carbocycles. The van der Waals surface area contributed by atoms with E-state index in [-0.39, 0.29) is 12.0 Å². The van der Waals surface area contributed by atoms with Gasteiger partial charge >= 0.3 is 5.97 Å². The lowest BCUT2D eigenvalue weighted by Crippen LogP contribution is -2.31. The van der Waals surface area contributed by atoms with E-state index in [9.17, 15) is 13.6 Å². The predicted molar refractivity (Wildman–Crippen MR) is 50.5 cm³/mol. The van der Waals surface area contributed by atoms with Crippen LogP contribution in [0.1, 0.15) is 18.2 Å². The summed E-state index contributed by atoms with van der Waals surface area (Å²) in [5.41, 5.74) is 5.26. The van der Waals surface area contributed by atoms with E-state index in [0.717, 1.165) is 6.07 Å². The molecule has 0 aliphatic heterocycles. The molecule has 5 heteroatoms. The number of carbonyl (C=O) groups is 1. The molecule has 1 aromatic carbocycles. The van der Waals surface area contributed by atoms with E-state index < -0.39 is 24.0 Å². The fourth-order valence-electron chi connectivity index (χ4n) is 1.16. The zero-order valence-corrected chi connectivity index (χ0v) is 7.86. The summed E-state index contributed by atoms with van der Waals surface area (Å²) in [5.74, 6) is -1.83. The normalized spacial score (nSPS) is 14.6. The first kappa shape index (κ1) is 11.6. The van der Waals surface area contributed by atoms with Gasteiger partial charge in [-0.25, -0.2) is 8.78 Å². The van der Waals surface area contributed by atoms with Crippen molar-refractivity contribution >= 4 is 5.97 Å². The maximum Gasteiger partial charge on any atom is 0.320 e. The quantitative estimate of drug-likeness (QED) is 0.802. The van der Waals surface area contributed by atoms with Crippen molar-refractivity contribution in [2.24, 2.45) is 5.73 Å². The average Bonchev–Trinajstić information content (AvgIpc) is 2.17. The Morgan fingerprint density at radius 3 is 2.73 bits per heavy atom. The van der Waals surface area contributed by atoms with E-state index in [2.05, 4.69) is 0 Å². The van der Waals surface area contributed by atoms with Gasteiger partial charge in [0.15, 0.2) is 0 Å². The van der Waals surface area contributed by atoms with Crippen molar-refractivity contribution < 1.29 is 18.7 Å². The number of nitrogens with two attached hydrogens (primary N) is 1. The van der Waals surface area contributed by atoms with Gasteiger partial charge in [0.25, 0.3) is 0 Å². The third-order valence-electron chi connectivity index (χ3n) is 1.99. The van der Waals surface area contributed by atoms with Gasteiger partial charge in [-0.15, -0.1) is 0 Å². The Labute approximate surface area is 85.5 Å². The van der Waals surface area contributed by atoms with Crippen LogP contribution in [0.3, 0.4) is 0 Å². The van der Waals surface area contributed by atoms with Crippen LogP contribution in [0.5, 0.6) is 0 Å². The molecule has 0 heterocycles. The van der Waals surface area contributed by atoms with E-state index in [1.165, 1.54) is 18.2 Å². The number of rotatable bonds is 4. The third kappa shape index (κ3) is 3.28. The summed E-state index contributed by atoms with van der Waals surface area (Å²) in [6.07, 6.45) is -1.93. The number of aliphatic carboxylic acids is 1. The van der Waals surface area contributed by atoms with E-state index >= 15 is 0 Å². The Kier molecular flexibility index (Phi) is 3.74. The van der Waals surface area contributed by atoms with Crippen LogP contribution >= 0.6 is 0 Å². The number of carboxylic acids is 1. The third-order valence-corrected chi connectivity index (χ3v) is 1.99. The summed E-state index contributed by atoms with van der Waals surface area (Å²) < 4.78 is 26.1. The Morgan fingerprint density at radius 1 is 1.53 bits per heavy atom. The topological polar surface area (TPSA) is 63.3 Å². The van der Waals surface area contributed by atoms with Crippen molar-refractivity contribution in [3.05, 3.63) is 35.6 Å². The Hall–Kier alpha value is -1.49. The van der Waals surface area contributed by atoms with E-state index in [4.69, 9.17) is 10.8 Å². The molecule has 0 aromatic heterocycles. The zero-order valence-electron chi connectivity index (χ0n) is 7.86. The molecule has 1 aromatic rings. The van der Waals surface area contributed by atoms with Crippen LogP contribution in [0.4, 0.5) is 8.78 Å². The fourth-order valence-corrected chi connectivity index (χ4v) is 1.16. The second-order valence-electron chi connectivity index (χ2n) is 3.20. The van der Waals surface area contributed by atoms with E-state index in [1.807, 2.05) is 0 Å². The summed E-state index contributed by atoms with van der Waals surface area (Å²) >= 11 is 0. The van der Waals surface area contributed by atoms with Crippen LogP contribution in [0.15, 0.2) is 24.3 Å². The zero-order chi connectivity index (χ0) is 11.4. The summed E-state index contributed by atoms with van der Waals surface area (Å²) in [7, 11) is 0. The van der Waals surface area contributed by atoms with Gasteiger partial charge in [-0.2, -0.15) is 0 Å². The van der Waals surface area contributed by atoms with Gasteiger partial charge in [-0.3, -0.25) is 4.79 Å². The van der Waals surface area contributed by atoms with Crippen molar-refractivity contribution in [2.45, 2.75) is 18.6 Å². The maximum absolute atomic E-state index is 13.4. The van der Waals surface area contributed by atoms with Gasteiger partial charge in [0.2, 0.25) is 0 Å². The molecule has 0 aliphatic carbocycles. The standard InChI is InChI=1S/C10H11F2NO2/c11-7-3-1-2-6(4-7)8(12)5-9(13)10(14)15/h1-4,8-9H,5,13H2,(H,14,15). The molecule has 0 amide bonds. The lowest BCUT2D eigenvalue weighted by Gasteiger charge is -2.11. The number of halogens is 2. The Bertz CT molecular complexity index is 357. The highest BCUT2D eigenvalue weighted by molar-refractivity contribution is 5.73. The number of hydrogen-bond donors (Lipinski definition) is 2. The van der Waals surface area contributed by atoms with E-state index in [1.54, 1.807) is 0 Å². The Morgan fingerprint density at radius 2 is 2.20 bits per heavy atom. The van der Waals surface area contributed by atoms with Gasteiger partial charge in [-0.1, -0.05) is 12.1 Å². The minimum absolute atomic E-state index is 0.103. The highest BCUT2D eigenvalue weighted by Gasteiger charge is 2.19. The van der Waals surface area contributed by atoms with Gasteiger partial charge in [0, 0.05) is 6.42 Å². The first-order valence-electron chi connectivity index (χ1n) is 4.38. The predicted octanol–water partition coefficient (Wildman–Crippen LogP) is 1.64. The van der Waals surface area contributed by atoms with Crippen LogP contribution < -0.4 is 5.73 Å². The smallest absolute Gasteiger partial charge is 0.320 e. The molecule has 0 fully saturated rings. The molecule has 1 rings (SSSR count). The molecule has 3 N–H and O–H groups in total. The number of carboxylic acid groups (broad SMARTS) is 1. The number of hydrogen-bond acceptors (Lipinski definition) is 2. The van der Waals surface area contributed by atoms with Crippen LogP contribution in [-0.2, 0) is 4.79 Å². The minimum Gasteiger partial charge on any atom is -0.480 e. The van der Waals surface area contributed by atoms with Crippen molar-refractivity contribution in [3.8, 4) is 0 Å². The molecule has 2 unspecified atom stereocenters. The summed E-state index contributed by atoms with van der Waals surface area (Å²) in [4.78, 5) is 10.4. The number of alkyl halides is 1. The molecule has 3 nitrogen and oxygen atoms in total. The maximum atomic E-state index is 13.4. The largest absolute Gasteiger partial charge is 0.480 e. The van der Waals surface area contributed by atoms with Crippen LogP contribution in [0.2, 0.25) is 0 Å². The van der Waals surface area contributed by atoms with Gasteiger partial charge in [0.05, 0.1) is 0 Å². The molecule has 82 valence electrons. The highest BCUT2D eigenvalue weighted by Crippen LogP contribution is 2.22. The van der Waals surface area contributed by atoms with Gasteiger partial charge in [-0.05, 0) is 17.7 Å². The molecule has 0 bridgehead atoms. The van der Waals surface area contributed by atoms with Crippen molar-refractivity contribution in [2.75, 3.05) is 0 Å². The second kappa shape index (κ2) is 4.84. The first-order chi connectivity index (χ1) is 7.00. The van der Waals surface area contributed by atoms with E-state index in [0.29, 0.717) is 0 Å². The lowest BCUT2D eigenvalue weighted by atomic mass is 10.0. The monoisotopic (exact) mass is 215 g/mol. The van der Waals surface area contributed by atoms with Crippen LogP contribution in [0.25, 0.3) is 0 Å². The van der Waals surface area contributed by atoms with Crippen molar-refractivity contribution in [1.82, 2.24) is 0 Å². The van der Waals surface area contributed by atoms with Crippen LogP contribution in [-0.4, -0.2) is 17.1 Å². The molecular weight excluding hydrogens is 204 g/mol. The minimum atomic E-state index is -1.56.